The number of anilines is 2. The zero-order valence-corrected chi connectivity index (χ0v) is 15.8. The Kier molecular flexibility index (Phi) is 6.47. The summed E-state index contributed by atoms with van der Waals surface area (Å²) in [5, 5.41) is 6.60. The van der Waals surface area contributed by atoms with Crippen LogP contribution in [-0.2, 0) is 0 Å². The first-order chi connectivity index (χ1) is 12.6. The molecule has 2 N–H and O–H groups in total. The van der Waals surface area contributed by atoms with Crippen molar-refractivity contribution in [2.45, 2.75) is 32.1 Å². The van der Waals surface area contributed by atoms with Crippen molar-refractivity contribution in [1.29, 1.82) is 0 Å². The predicted molar refractivity (Wildman–Crippen MR) is 106 cm³/mol. The Morgan fingerprint density at radius 3 is 2.77 bits per heavy atom. The highest BCUT2D eigenvalue weighted by atomic mass is 35.5. The molecule has 0 spiro atoms. The third-order valence-corrected chi connectivity index (χ3v) is 5.04. The number of hydrogen-bond donors (Lipinski definition) is 2. The van der Waals surface area contributed by atoms with Gasteiger partial charge in [-0.15, -0.1) is 0 Å². The molecule has 136 valence electrons. The first-order valence-corrected chi connectivity index (χ1v) is 9.38. The van der Waals surface area contributed by atoms with E-state index in [9.17, 15) is 4.79 Å². The minimum absolute atomic E-state index is 0.210. The Balaban J connectivity index is 1.54. The maximum Gasteiger partial charge on any atom is 0.275 e. The third-order valence-electron chi connectivity index (χ3n) is 4.22. The van der Waals surface area contributed by atoms with Crippen molar-refractivity contribution in [3.05, 3.63) is 58.0 Å². The summed E-state index contributed by atoms with van der Waals surface area (Å²) in [7, 11) is 0. The fourth-order valence-electron chi connectivity index (χ4n) is 2.81. The lowest BCUT2D eigenvalue weighted by molar-refractivity contribution is 0.102. The molecule has 1 aliphatic rings. The smallest absolute Gasteiger partial charge is 0.275 e. The maximum atomic E-state index is 12.3. The second kappa shape index (κ2) is 9.01. The summed E-state index contributed by atoms with van der Waals surface area (Å²) < 4.78 is 0. The Labute approximate surface area is 162 Å². The second-order valence-corrected chi connectivity index (χ2v) is 6.91. The van der Waals surface area contributed by atoms with Gasteiger partial charge in [0.15, 0.2) is 0 Å². The van der Waals surface area contributed by atoms with E-state index in [1.54, 1.807) is 24.4 Å². The van der Waals surface area contributed by atoms with Crippen LogP contribution in [0.2, 0.25) is 10.0 Å². The fraction of sp³-hybridized carbons (Fsp3) is 0.316. The molecule has 26 heavy (non-hydrogen) atoms. The van der Waals surface area contributed by atoms with Crippen LogP contribution in [0.5, 0.6) is 0 Å². The highest BCUT2D eigenvalue weighted by Gasteiger charge is 2.12. The highest BCUT2D eigenvalue weighted by molar-refractivity contribution is 6.44. The maximum absolute atomic E-state index is 12.3. The molecule has 0 bridgehead atoms. The molecule has 1 aromatic carbocycles. The first kappa shape index (κ1) is 18.7. The number of carbonyl (C=O) groups excluding carboxylic acids is 1. The molecule has 0 aliphatic heterocycles. The number of halogens is 2. The second-order valence-electron chi connectivity index (χ2n) is 6.13. The number of benzene rings is 1. The molecule has 0 fully saturated rings. The topological polar surface area (TPSA) is 66.9 Å². The summed E-state index contributed by atoms with van der Waals surface area (Å²) in [6.07, 6.45) is 11.3. The average Bonchev–Trinajstić information content (AvgIpc) is 2.67. The van der Waals surface area contributed by atoms with Gasteiger partial charge in [-0.1, -0.05) is 40.9 Å². The van der Waals surface area contributed by atoms with Crippen LogP contribution >= 0.6 is 23.2 Å². The van der Waals surface area contributed by atoms with E-state index in [-0.39, 0.29) is 11.6 Å². The van der Waals surface area contributed by atoms with Gasteiger partial charge in [-0.05, 0) is 44.2 Å². The van der Waals surface area contributed by atoms with Crippen molar-refractivity contribution < 1.29 is 4.79 Å². The van der Waals surface area contributed by atoms with E-state index in [1.165, 1.54) is 37.5 Å². The molecule has 5 nitrogen and oxygen atoms in total. The van der Waals surface area contributed by atoms with Crippen molar-refractivity contribution in [3.8, 4) is 0 Å². The molecule has 1 heterocycles. The molecule has 1 amide bonds. The van der Waals surface area contributed by atoms with Crippen molar-refractivity contribution in [2.75, 3.05) is 17.2 Å². The average molecular weight is 391 g/mol. The molecule has 1 aromatic heterocycles. The molecule has 2 aromatic rings. The van der Waals surface area contributed by atoms with Gasteiger partial charge in [0.05, 0.1) is 28.1 Å². The molecule has 0 atom stereocenters. The monoisotopic (exact) mass is 390 g/mol. The van der Waals surface area contributed by atoms with Crippen molar-refractivity contribution in [3.63, 3.8) is 0 Å². The Morgan fingerprint density at radius 2 is 2.04 bits per heavy atom. The number of amides is 1. The number of rotatable bonds is 6. The minimum Gasteiger partial charge on any atom is -0.368 e. The van der Waals surface area contributed by atoms with Gasteiger partial charge in [0.25, 0.3) is 5.91 Å². The number of hydrogen-bond acceptors (Lipinski definition) is 4. The van der Waals surface area contributed by atoms with Gasteiger partial charge in [0.2, 0.25) is 0 Å². The number of carbonyl (C=O) groups is 1. The van der Waals surface area contributed by atoms with Gasteiger partial charge in [0, 0.05) is 6.54 Å². The largest absolute Gasteiger partial charge is 0.368 e. The fourth-order valence-corrected chi connectivity index (χ4v) is 3.15. The summed E-state index contributed by atoms with van der Waals surface area (Å²) in [6.45, 7) is 0.810. The number of allylic oxidation sites excluding steroid dienone is 1. The lowest BCUT2D eigenvalue weighted by Crippen LogP contribution is -2.15. The number of nitrogens with one attached hydrogen (secondary N) is 2. The minimum atomic E-state index is -0.388. The van der Waals surface area contributed by atoms with Gasteiger partial charge in [-0.3, -0.25) is 4.79 Å². The zero-order chi connectivity index (χ0) is 18.4. The van der Waals surface area contributed by atoms with Gasteiger partial charge in [-0.25, -0.2) is 9.97 Å². The zero-order valence-electron chi connectivity index (χ0n) is 14.3. The summed E-state index contributed by atoms with van der Waals surface area (Å²) in [6, 6.07) is 5.04. The van der Waals surface area contributed by atoms with E-state index < -0.39 is 0 Å². The van der Waals surface area contributed by atoms with Crippen LogP contribution in [-0.4, -0.2) is 22.4 Å². The molecule has 0 radical (unpaired) electrons. The van der Waals surface area contributed by atoms with Crippen LogP contribution in [0.4, 0.5) is 11.5 Å². The van der Waals surface area contributed by atoms with Crippen LogP contribution in [0.15, 0.2) is 42.2 Å². The van der Waals surface area contributed by atoms with E-state index in [2.05, 4.69) is 26.7 Å². The Morgan fingerprint density at radius 1 is 1.15 bits per heavy atom. The van der Waals surface area contributed by atoms with E-state index in [0.29, 0.717) is 21.6 Å². The van der Waals surface area contributed by atoms with Crippen LogP contribution in [0, 0.1) is 0 Å². The van der Waals surface area contributed by atoms with E-state index in [1.807, 2.05) is 0 Å². The van der Waals surface area contributed by atoms with Gasteiger partial charge in [0.1, 0.15) is 11.5 Å². The lowest BCUT2D eigenvalue weighted by atomic mass is 9.97. The predicted octanol–water partition coefficient (Wildman–Crippen LogP) is 5.34. The standard InChI is InChI=1S/C19H20Cl2N4O/c20-14-7-4-8-15(18(14)21)25-19(26)16-11-24-17(12-23-16)22-10-9-13-5-2-1-3-6-13/h4-5,7-8,11-12H,1-3,6,9-10H2,(H,22,24)(H,25,26). The normalized spacial score (nSPS) is 13.8. The molecule has 0 unspecified atom stereocenters. The van der Waals surface area contributed by atoms with E-state index in [4.69, 9.17) is 23.2 Å². The number of nitrogens with zero attached hydrogens (tertiary/aromatic N) is 2. The third kappa shape index (κ3) is 4.96. The van der Waals surface area contributed by atoms with Crippen LogP contribution in [0.3, 0.4) is 0 Å². The quantitative estimate of drug-likeness (QED) is 0.653. The molecule has 0 saturated carbocycles. The molecular weight excluding hydrogens is 371 g/mol. The molecule has 3 rings (SSSR count). The molecular formula is C19H20Cl2N4O. The van der Waals surface area contributed by atoms with Crippen molar-refractivity contribution in [2.24, 2.45) is 0 Å². The van der Waals surface area contributed by atoms with E-state index >= 15 is 0 Å². The summed E-state index contributed by atoms with van der Waals surface area (Å²) in [4.78, 5) is 20.7. The summed E-state index contributed by atoms with van der Waals surface area (Å²) >= 11 is 12.0. The van der Waals surface area contributed by atoms with Gasteiger partial charge in [-0.2, -0.15) is 0 Å². The van der Waals surface area contributed by atoms with Gasteiger partial charge < -0.3 is 10.6 Å². The SMILES string of the molecule is O=C(Nc1cccc(Cl)c1Cl)c1cnc(NCCC2=CCCCC2)cn1. The summed E-state index contributed by atoms with van der Waals surface area (Å²) in [5.41, 5.74) is 2.15. The summed E-state index contributed by atoms with van der Waals surface area (Å²) in [5.74, 6) is 0.263. The van der Waals surface area contributed by atoms with Crippen molar-refractivity contribution in [1.82, 2.24) is 9.97 Å². The van der Waals surface area contributed by atoms with Gasteiger partial charge >= 0.3 is 0 Å². The molecule has 1 aliphatic carbocycles. The first-order valence-electron chi connectivity index (χ1n) is 8.62. The number of aromatic nitrogens is 2. The van der Waals surface area contributed by atoms with Crippen LogP contribution in [0.25, 0.3) is 0 Å². The lowest BCUT2D eigenvalue weighted by Gasteiger charge is -2.13. The van der Waals surface area contributed by atoms with Crippen molar-refractivity contribution >= 4 is 40.6 Å². The molecule has 0 saturated heterocycles. The Hall–Kier alpha value is -2.11. The van der Waals surface area contributed by atoms with E-state index in [0.717, 1.165) is 13.0 Å². The van der Waals surface area contributed by atoms with Crippen LogP contribution < -0.4 is 10.6 Å². The van der Waals surface area contributed by atoms with Crippen LogP contribution in [0.1, 0.15) is 42.6 Å². The Bertz CT molecular complexity index is 806. The highest BCUT2D eigenvalue weighted by Crippen LogP contribution is 2.29. The molecule has 7 heteroatoms.